The van der Waals surface area contributed by atoms with Gasteiger partial charge in [0.25, 0.3) is 0 Å². The molecule has 3 rings (SSSR count). The van der Waals surface area contributed by atoms with Gasteiger partial charge in [-0.1, -0.05) is 12.1 Å². The van der Waals surface area contributed by atoms with E-state index >= 15 is 0 Å². The fourth-order valence-electron chi connectivity index (χ4n) is 1.66. The summed E-state index contributed by atoms with van der Waals surface area (Å²) in [5.41, 5.74) is 9.36. The van der Waals surface area contributed by atoms with Gasteiger partial charge in [0.1, 0.15) is 5.69 Å². The standard InChI is InChI=1S/C12H8BrN3S/c13-8-6-17-5-7(8)11-12(14)16-10-4-2-1-3-9(10)15-11/h1-6H,(H2,14,16). The maximum absolute atomic E-state index is 5.96. The molecule has 1 aromatic carbocycles. The van der Waals surface area contributed by atoms with E-state index in [2.05, 4.69) is 25.9 Å². The highest BCUT2D eigenvalue weighted by molar-refractivity contribution is 9.10. The van der Waals surface area contributed by atoms with Gasteiger partial charge >= 0.3 is 0 Å². The predicted molar refractivity (Wildman–Crippen MR) is 75.0 cm³/mol. The summed E-state index contributed by atoms with van der Waals surface area (Å²) in [5.74, 6) is 0.461. The molecule has 2 heterocycles. The van der Waals surface area contributed by atoms with Gasteiger partial charge in [-0.3, -0.25) is 0 Å². The van der Waals surface area contributed by atoms with Gasteiger partial charge in [0.05, 0.1) is 11.0 Å². The summed E-state index contributed by atoms with van der Waals surface area (Å²) in [6.45, 7) is 0. The molecule has 17 heavy (non-hydrogen) atoms. The van der Waals surface area contributed by atoms with Crippen LogP contribution in [0.25, 0.3) is 22.3 Å². The third-order valence-corrected chi connectivity index (χ3v) is 4.17. The van der Waals surface area contributed by atoms with E-state index in [4.69, 9.17) is 5.73 Å². The van der Waals surface area contributed by atoms with E-state index in [1.54, 1.807) is 11.3 Å². The molecule has 0 fully saturated rings. The lowest BCUT2D eigenvalue weighted by atomic mass is 10.2. The van der Waals surface area contributed by atoms with E-state index in [9.17, 15) is 0 Å². The summed E-state index contributed by atoms with van der Waals surface area (Å²) in [4.78, 5) is 8.94. The van der Waals surface area contributed by atoms with Crippen molar-refractivity contribution in [3.8, 4) is 11.3 Å². The molecule has 0 atom stereocenters. The van der Waals surface area contributed by atoms with Gasteiger partial charge in [0.2, 0.25) is 0 Å². The molecule has 0 aliphatic carbocycles. The topological polar surface area (TPSA) is 51.8 Å². The van der Waals surface area contributed by atoms with E-state index in [0.29, 0.717) is 5.82 Å². The van der Waals surface area contributed by atoms with Crippen LogP contribution in [-0.2, 0) is 0 Å². The fraction of sp³-hybridized carbons (Fsp3) is 0. The van der Waals surface area contributed by atoms with Crippen molar-refractivity contribution in [1.29, 1.82) is 0 Å². The van der Waals surface area contributed by atoms with E-state index < -0.39 is 0 Å². The highest BCUT2D eigenvalue weighted by Crippen LogP contribution is 2.33. The second-order valence-electron chi connectivity index (χ2n) is 3.58. The lowest BCUT2D eigenvalue weighted by Gasteiger charge is -2.05. The number of nitrogen functional groups attached to an aromatic ring is 1. The number of thiophene rings is 1. The Hall–Kier alpha value is -1.46. The minimum absolute atomic E-state index is 0.461. The number of nitrogens with two attached hydrogens (primary N) is 1. The van der Waals surface area contributed by atoms with Gasteiger partial charge in [-0.15, -0.1) is 0 Å². The van der Waals surface area contributed by atoms with Crippen LogP contribution < -0.4 is 5.73 Å². The zero-order valence-corrected chi connectivity index (χ0v) is 11.1. The number of hydrogen-bond acceptors (Lipinski definition) is 4. The Bertz CT molecular complexity index is 693. The summed E-state index contributed by atoms with van der Waals surface area (Å²) in [6.07, 6.45) is 0. The van der Waals surface area contributed by atoms with Crippen LogP contribution in [0.3, 0.4) is 0 Å². The summed E-state index contributed by atoms with van der Waals surface area (Å²) in [7, 11) is 0. The Kier molecular flexibility index (Phi) is 2.57. The normalized spacial score (nSPS) is 10.9. The second kappa shape index (κ2) is 4.09. The summed E-state index contributed by atoms with van der Waals surface area (Å²) in [5, 5.41) is 4.02. The first-order valence-corrected chi connectivity index (χ1v) is 6.73. The van der Waals surface area contributed by atoms with Crippen LogP contribution in [0.2, 0.25) is 0 Å². The van der Waals surface area contributed by atoms with E-state index in [-0.39, 0.29) is 0 Å². The molecule has 0 aliphatic rings. The van der Waals surface area contributed by atoms with Crippen molar-refractivity contribution in [2.45, 2.75) is 0 Å². The third-order valence-electron chi connectivity index (χ3n) is 2.47. The Labute approximate surface area is 110 Å². The van der Waals surface area contributed by atoms with Crippen molar-refractivity contribution in [2.75, 3.05) is 5.73 Å². The number of nitrogens with zero attached hydrogens (tertiary/aromatic N) is 2. The lowest BCUT2D eigenvalue weighted by Crippen LogP contribution is -1.97. The Balaban J connectivity index is 2.30. The summed E-state index contributed by atoms with van der Waals surface area (Å²) in [6, 6.07) is 7.72. The average molecular weight is 306 g/mol. The van der Waals surface area contributed by atoms with Gasteiger partial charge in [0.15, 0.2) is 5.82 Å². The molecule has 3 aromatic rings. The van der Waals surface area contributed by atoms with Crippen LogP contribution in [-0.4, -0.2) is 9.97 Å². The zero-order chi connectivity index (χ0) is 11.8. The van der Waals surface area contributed by atoms with Crippen LogP contribution in [0.5, 0.6) is 0 Å². The molecule has 5 heteroatoms. The monoisotopic (exact) mass is 305 g/mol. The SMILES string of the molecule is Nc1nc2ccccc2nc1-c1cscc1Br. The van der Waals surface area contributed by atoms with Crippen molar-refractivity contribution in [3.05, 3.63) is 39.5 Å². The maximum Gasteiger partial charge on any atom is 0.150 e. The van der Waals surface area contributed by atoms with Gasteiger partial charge in [-0.25, -0.2) is 9.97 Å². The molecule has 0 radical (unpaired) electrons. The first-order chi connectivity index (χ1) is 8.25. The molecule has 0 saturated heterocycles. The Morgan fingerprint density at radius 3 is 2.41 bits per heavy atom. The smallest absolute Gasteiger partial charge is 0.150 e. The third kappa shape index (κ3) is 1.81. The Morgan fingerprint density at radius 2 is 1.76 bits per heavy atom. The first-order valence-electron chi connectivity index (χ1n) is 5.00. The molecule has 0 bridgehead atoms. The number of benzene rings is 1. The van der Waals surface area contributed by atoms with Crippen LogP contribution in [0, 0.1) is 0 Å². The van der Waals surface area contributed by atoms with Crippen LogP contribution >= 0.6 is 27.3 Å². The highest BCUT2D eigenvalue weighted by atomic mass is 79.9. The minimum atomic E-state index is 0.461. The molecule has 0 spiro atoms. The first kappa shape index (κ1) is 10.7. The molecular formula is C12H8BrN3S. The zero-order valence-electron chi connectivity index (χ0n) is 8.72. The Morgan fingerprint density at radius 1 is 1.06 bits per heavy atom. The number of fused-ring (bicyclic) bond motifs is 1. The van der Waals surface area contributed by atoms with Crippen LogP contribution in [0.15, 0.2) is 39.5 Å². The number of para-hydroxylation sites is 2. The van der Waals surface area contributed by atoms with Gasteiger partial charge < -0.3 is 5.73 Å². The van der Waals surface area contributed by atoms with Crippen LogP contribution in [0.4, 0.5) is 5.82 Å². The van der Waals surface area contributed by atoms with E-state index in [0.717, 1.165) is 26.8 Å². The largest absolute Gasteiger partial charge is 0.382 e. The number of halogens is 1. The number of anilines is 1. The van der Waals surface area contributed by atoms with E-state index in [1.165, 1.54) is 0 Å². The number of aromatic nitrogens is 2. The molecule has 0 saturated carbocycles. The molecule has 3 nitrogen and oxygen atoms in total. The molecule has 0 amide bonds. The molecular weight excluding hydrogens is 298 g/mol. The predicted octanol–water partition coefficient (Wildman–Crippen LogP) is 3.70. The minimum Gasteiger partial charge on any atom is -0.382 e. The van der Waals surface area contributed by atoms with Crippen molar-refractivity contribution in [3.63, 3.8) is 0 Å². The van der Waals surface area contributed by atoms with Crippen molar-refractivity contribution >= 4 is 44.1 Å². The number of rotatable bonds is 1. The second-order valence-corrected chi connectivity index (χ2v) is 5.18. The average Bonchev–Trinajstić information content (AvgIpc) is 2.74. The molecule has 0 unspecified atom stereocenters. The maximum atomic E-state index is 5.96. The molecule has 2 N–H and O–H groups in total. The summed E-state index contributed by atoms with van der Waals surface area (Å²) >= 11 is 5.09. The highest BCUT2D eigenvalue weighted by Gasteiger charge is 2.11. The van der Waals surface area contributed by atoms with Crippen LogP contribution in [0.1, 0.15) is 0 Å². The van der Waals surface area contributed by atoms with Gasteiger partial charge in [-0.2, -0.15) is 11.3 Å². The van der Waals surface area contributed by atoms with E-state index in [1.807, 2.05) is 35.0 Å². The van der Waals surface area contributed by atoms with Gasteiger partial charge in [0, 0.05) is 20.8 Å². The van der Waals surface area contributed by atoms with Crippen molar-refractivity contribution < 1.29 is 0 Å². The number of hydrogen-bond donors (Lipinski definition) is 1. The lowest BCUT2D eigenvalue weighted by molar-refractivity contribution is 1.30. The quantitative estimate of drug-likeness (QED) is 0.746. The van der Waals surface area contributed by atoms with Crippen molar-refractivity contribution in [1.82, 2.24) is 9.97 Å². The molecule has 84 valence electrons. The summed E-state index contributed by atoms with van der Waals surface area (Å²) < 4.78 is 0.999. The fourth-order valence-corrected chi connectivity index (χ4v) is 3.13. The molecule has 2 aromatic heterocycles. The van der Waals surface area contributed by atoms with Crippen molar-refractivity contribution in [2.24, 2.45) is 0 Å². The molecule has 0 aliphatic heterocycles. The van der Waals surface area contributed by atoms with Gasteiger partial charge in [-0.05, 0) is 28.1 Å².